The minimum absolute atomic E-state index is 0.108. The molecule has 0 aliphatic carbocycles. The van der Waals surface area contributed by atoms with E-state index in [1.54, 1.807) is 20.8 Å². The van der Waals surface area contributed by atoms with Crippen molar-refractivity contribution in [2.45, 2.75) is 52.8 Å². The molecule has 1 aliphatic heterocycles. The summed E-state index contributed by atoms with van der Waals surface area (Å²) in [6, 6.07) is 0. The van der Waals surface area contributed by atoms with E-state index in [4.69, 9.17) is 0 Å². The molecule has 0 radical (unpaired) electrons. The van der Waals surface area contributed by atoms with Crippen LogP contribution in [0.4, 0.5) is 13.2 Å². The monoisotopic (exact) mass is 309 g/mol. The number of hydrogen-bond donors (Lipinski definition) is 0. The van der Waals surface area contributed by atoms with Crippen LogP contribution in [0.25, 0.3) is 0 Å². The van der Waals surface area contributed by atoms with Crippen LogP contribution in [0.1, 0.15) is 40.5 Å². The first kappa shape index (κ1) is 17.8. The van der Waals surface area contributed by atoms with Gasteiger partial charge < -0.3 is 9.64 Å². The minimum Gasteiger partial charge on any atom is -0.453 e. The van der Waals surface area contributed by atoms with Gasteiger partial charge in [0.15, 0.2) is 6.10 Å². The topological polar surface area (TPSA) is 46.6 Å². The molecule has 1 heterocycles. The summed E-state index contributed by atoms with van der Waals surface area (Å²) in [6.07, 6.45) is -5.66. The van der Waals surface area contributed by atoms with Gasteiger partial charge in [-0.2, -0.15) is 13.2 Å². The molecule has 1 rings (SSSR count). The Hall–Kier alpha value is -1.27. The van der Waals surface area contributed by atoms with Crippen LogP contribution in [-0.4, -0.2) is 42.1 Å². The number of alkyl halides is 3. The van der Waals surface area contributed by atoms with Crippen LogP contribution in [-0.2, 0) is 14.3 Å². The molecule has 1 aliphatic rings. The zero-order chi connectivity index (χ0) is 16.4. The summed E-state index contributed by atoms with van der Waals surface area (Å²) in [5.74, 6) is -1.68. The molecule has 0 saturated carbocycles. The molecule has 21 heavy (non-hydrogen) atoms. The average Bonchev–Trinajstić information content (AvgIpc) is 2.35. The Bertz CT molecular complexity index is 401. The molecule has 1 saturated heterocycles. The van der Waals surface area contributed by atoms with Gasteiger partial charge >= 0.3 is 12.1 Å². The molecule has 0 unspecified atom stereocenters. The van der Waals surface area contributed by atoms with Crippen molar-refractivity contribution in [3.63, 3.8) is 0 Å². The summed E-state index contributed by atoms with van der Waals surface area (Å²) in [5, 5.41) is 0. The SMILES string of the molecule is C[C@@H](OC(=O)[C@H]1CCCN(C(=O)C(C)(C)C)C1)C(F)(F)F. The number of halogens is 3. The lowest BCUT2D eigenvalue weighted by atomic mass is 9.91. The quantitative estimate of drug-likeness (QED) is 0.737. The summed E-state index contributed by atoms with van der Waals surface area (Å²) >= 11 is 0. The third-order valence-electron chi connectivity index (χ3n) is 3.44. The first-order valence-corrected chi connectivity index (χ1v) is 6.99. The number of esters is 1. The van der Waals surface area contributed by atoms with Gasteiger partial charge in [-0.3, -0.25) is 9.59 Å². The predicted molar refractivity (Wildman–Crippen MR) is 70.4 cm³/mol. The Labute approximate surface area is 122 Å². The number of ether oxygens (including phenoxy) is 1. The molecule has 0 bridgehead atoms. The lowest BCUT2D eigenvalue weighted by Gasteiger charge is -2.35. The fraction of sp³-hybridized carbons (Fsp3) is 0.857. The molecule has 0 aromatic carbocycles. The van der Waals surface area contributed by atoms with E-state index in [9.17, 15) is 22.8 Å². The highest BCUT2D eigenvalue weighted by molar-refractivity contribution is 5.82. The van der Waals surface area contributed by atoms with Crippen molar-refractivity contribution in [2.75, 3.05) is 13.1 Å². The zero-order valence-electron chi connectivity index (χ0n) is 12.8. The Morgan fingerprint density at radius 2 is 1.81 bits per heavy atom. The van der Waals surface area contributed by atoms with Crippen molar-refractivity contribution >= 4 is 11.9 Å². The summed E-state index contributed by atoms with van der Waals surface area (Å²) in [7, 11) is 0. The fourth-order valence-electron chi connectivity index (χ4n) is 2.17. The van der Waals surface area contributed by atoms with E-state index in [0.717, 1.165) is 6.92 Å². The van der Waals surface area contributed by atoms with Gasteiger partial charge in [0.25, 0.3) is 0 Å². The van der Waals surface area contributed by atoms with Crippen LogP contribution >= 0.6 is 0 Å². The van der Waals surface area contributed by atoms with Crippen molar-refractivity contribution < 1.29 is 27.5 Å². The highest BCUT2D eigenvalue weighted by atomic mass is 19.4. The van der Waals surface area contributed by atoms with Gasteiger partial charge in [-0.25, -0.2) is 0 Å². The van der Waals surface area contributed by atoms with Gasteiger partial charge in [0.1, 0.15) is 0 Å². The molecular formula is C14H22F3NO3. The van der Waals surface area contributed by atoms with Crippen molar-refractivity contribution in [1.82, 2.24) is 4.90 Å². The van der Waals surface area contributed by atoms with E-state index in [0.29, 0.717) is 19.4 Å². The van der Waals surface area contributed by atoms with Gasteiger partial charge in [-0.05, 0) is 19.8 Å². The second-order valence-corrected chi connectivity index (χ2v) is 6.46. The lowest BCUT2D eigenvalue weighted by molar-refractivity contribution is -0.219. The largest absolute Gasteiger partial charge is 0.453 e. The standard InChI is InChI=1S/C14H22F3NO3/c1-9(14(15,16)17)21-11(19)10-6-5-7-18(8-10)12(20)13(2,3)4/h9-10H,5-8H2,1-4H3/t9-,10+/m1/s1. The van der Waals surface area contributed by atoms with Gasteiger partial charge in [0.2, 0.25) is 5.91 Å². The highest BCUT2D eigenvalue weighted by Crippen LogP contribution is 2.27. The Balaban J connectivity index is 2.64. The van der Waals surface area contributed by atoms with Crippen molar-refractivity contribution in [2.24, 2.45) is 11.3 Å². The predicted octanol–water partition coefficient (Wildman–Crippen LogP) is 2.77. The third kappa shape index (κ3) is 4.89. The van der Waals surface area contributed by atoms with E-state index in [-0.39, 0.29) is 12.5 Å². The molecular weight excluding hydrogens is 287 g/mol. The van der Waals surface area contributed by atoms with Crippen LogP contribution in [0.15, 0.2) is 0 Å². The molecule has 0 N–H and O–H groups in total. The van der Waals surface area contributed by atoms with Crippen molar-refractivity contribution in [3.8, 4) is 0 Å². The third-order valence-corrected chi connectivity index (χ3v) is 3.44. The van der Waals surface area contributed by atoms with Gasteiger partial charge in [-0.1, -0.05) is 20.8 Å². The number of amides is 1. The molecule has 7 heteroatoms. The first-order valence-electron chi connectivity index (χ1n) is 6.99. The van der Waals surface area contributed by atoms with Gasteiger partial charge in [-0.15, -0.1) is 0 Å². The summed E-state index contributed by atoms with van der Waals surface area (Å²) in [5.41, 5.74) is -0.578. The normalized spacial score (nSPS) is 21.9. The number of hydrogen-bond acceptors (Lipinski definition) is 3. The number of nitrogens with zero attached hydrogens (tertiary/aromatic N) is 1. The smallest absolute Gasteiger partial charge is 0.425 e. The van der Waals surface area contributed by atoms with E-state index in [1.807, 2.05) is 0 Å². The molecule has 0 aromatic heterocycles. The van der Waals surface area contributed by atoms with Crippen molar-refractivity contribution in [3.05, 3.63) is 0 Å². The minimum atomic E-state index is -4.56. The van der Waals surface area contributed by atoms with E-state index in [2.05, 4.69) is 4.74 Å². The van der Waals surface area contributed by atoms with E-state index < -0.39 is 29.6 Å². The van der Waals surface area contributed by atoms with Crippen molar-refractivity contribution in [1.29, 1.82) is 0 Å². The van der Waals surface area contributed by atoms with Gasteiger partial charge in [0, 0.05) is 18.5 Å². The zero-order valence-corrected chi connectivity index (χ0v) is 12.8. The van der Waals surface area contributed by atoms with Crippen LogP contribution in [0.3, 0.4) is 0 Å². The second-order valence-electron chi connectivity index (χ2n) is 6.46. The Morgan fingerprint density at radius 3 is 2.29 bits per heavy atom. The number of likely N-dealkylation sites (tertiary alicyclic amines) is 1. The maximum Gasteiger partial charge on any atom is 0.425 e. The maximum absolute atomic E-state index is 12.4. The number of rotatable bonds is 2. The van der Waals surface area contributed by atoms with Crippen LogP contribution in [0.5, 0.6) is 0 Å². The second kappa shape index (κ2) is 6.23. The lowest BCUT2D eigenvalue weighted by Crippen LogP contribution is -2.47. The van der Waals surface area contributed by atoms with Crippen LogP contribution in [0, 0.1) is 11.3 Å². The Kier molecular flexibility index (Phi) is 5.28. The van der Waals surface area contributed by atoms with Crippen LogP contribution in [0.2, 0.25) is 0 Å². The van der Waals surface area contributed by atoms with Gasteiger partial charge in [0.05, 0.1) is 5.92 Å². The molecule has 4 nitrogen and oxygen atoms in total. The maximum atomic E-state index is 12.4. The molecule has 2 atom stereocenters. The Morgan fingerprint density at radius 1 is 1.24 bits per heavy atom. The molecule has 1 amide bonds. The summed E-state index contributed by atoms with van der Waals surface area (Å²) < 4.78 is 41.7. The van der Waals surface area contributed by atoms with Crippen LogP contribution < -0.4 is 0 Å². The summed E-state index contributed by atoms with van der Waals surface area (Å²) in [4.78, 5) is 25.5. The fourth-order valence-corrected chi connectivity index (χ4v) is 2.17. The van der Waals surface area contributed by atoms with E-state index >= 15 is 0 Å². The molecule has 122 valence electrons. The number of piperidine rings is 1. The highest BCUT2D eigenvalue weighted by Gasteiger charge is 2.41. The molecule has 1 fully saturated rings. The number of carbonyl (C=O) groups excluding carboxylic acids is 2. The molecule has 0 spiro atoms. The van der Waals surface area contributed by atoms with E-state index in [1.165, 1.54) is 4.90 Å². The average molecular weight is 309 g/mol. The first-order chi connectivity index (χ1) is 9.43. The summed E-state index contributed by atoms with van der Waals surface area (Å²) in [6.45, 7) is 6.75. The molecule has 0 aromatic rings. The number of carbonyl (C=O) groups is 2.